The number of nitrogens with one attached hydrogen (secondary N) is 2. The van der Waals surface area contributed by atoms with Gasteiger partial charge in [0.1, 0.15) is 0 Å². The summed E-state index contributed by atoms with van der Waals surface area (Å²) >= 11 is 4.92. The SMILES string of the molecule is C=C1C/C(=C(\CC)C(CCC)NC=S)CN1.OCC1CC1. The van der Waals surface area contributed by atoms with Crippen molar-refractivity contribution >= 4 is 17.7 Å². The molecule has 2 aliphatic rings. The lowest BCUT2D eigenvalue weighted by atomic mass is 9.94. The molecule has 0 radical (unpaired) electrons. The number of aliphatic hydroxyl groups is 1. The molecule has 1 unspecified atom stereocenters. The van der Waals surface area contributed by atoms with Crippen LogP contribution in [-0.4, -0.2) is 29.8 Å². The summed E-state index contributed by atoms with van der Waals surface area (Å²) < 4.78 is 0. The highest BCUT2D eigenvalue weighted by Gasteiger charge is 2.19. The minimum atomic E-state index is 0.412. The molecule has 0 aromatic carbocycles. The maximum absolute atomic E-state index is 8.21. The van der Waals surface area contributed by atoms with Gasteiger partial charge in [-0.3, -0.25) is 0 Å². The molecule has 3 N–H and O–H groups in total. The topological polar surface area (TPSA) is 44.3 Å². The molecule has 0 spiro atoms. The first-order valence-electron chi connectivity index (χ1n) is 8.09. The van der Waals surface area contributed by atoms with Gasteiger partial charge in [0.2, 0.25) is 0 Å². The van der Waals surface area contributed by atoms with Crippen molar-refractivity contribution in [1.82, 2.24) is 10.6 Å². The van der Waals surface area contributed by atoms with E-state index in [0.717, 1.165) is 31.5 Å². The number of thiocarbonyl (C=S) groups is 1. The van der Waals surface area contributed by atoms with E-state index in [4.69, 9.17) is 17.3 Å². The molecule has 0 amide bonds. The Morgan fingerprint density at radius 3 is 2.57 bits per heavy atom. The molecule has 0 aromatic heterocycles. The van der Waals surface area contributed by atoms with Crippen molar-refractivity contribution in [2.45, 2.75) is 58.4 Å². The molecular weight excluding hydrogens is 280 g/mol. The first-order chi connectivity index (χ1) is 10.2. The van der Waals surface area contributed by atoms with Crippen molar-refractivity contribution < 1.29 is 5.11 Å². The highest BCUT2D eigenvalue weighted by atomic mass is 32.1. The van der Waals surface area contributed by atoms with Crippen molar-refractivity contribution in [3.63, 3.8) is 0 Å². The van der Waals surface area contributed by atoms with Gasteiger partial charge in [-0.2, -0.15) is 0 Å². The molecule has 1 aliphatic heterocycles. The fraction of sp³-hybridized carbons (Fsp3) is 0.706. The zero-order valence-electron chi connectivity index (χ0n) is 13.5. The predicted molar refractivity (Wildman–Crippen MR) is 94.4 cm³/mol. The fourth-order valence-corrected chi connectivity index (χ4v) is 2.78. The van der Waals surface area contributed by atoms with E-state index in [0.29, 0.717) is 18.6 Å². The number of hydrogen-bond donors (Lipinski definition) is 3. The van der Waals surface area contributed by atoms with Crippen molar-refractivity contribution in [3.05, 3.63) is 23.4 Å². The van der Waals surface area contributed by atoms with Gasteiger partial charge in [-0.1, -0.05) is 39.1 Å². The van der Waals surface area contributed by atoms with Gasteiger partial charge < -0.3 is 15.7 Å². The highest BCUT2D eigenvalue weighted by Crippen LogP contribution is 2.27. The van der Waals surface area contributed by atoms with Crippen molar-refractivity contribution in [3.8, 4) is 0 Å². The van der Waals surface area contributed by atoms with Crippen LogP contribution in [-0.2, 0) is 0 Å². The van der Waals surface area contributed by atoms with Crippen molar-refractivity contribution in [2.24, 2.45) is 5.92 Å². The molecule has 1 atom stereocenters. The van der Waals surface area contributed by atoms with Crippen molar-refractivity contribution in [2.75, 3.05) is 13.2 Å². The zero-order chi connectivity index (χ0) is 15.7. The molecule has 1 saturated carbocycles. The molecule has 120 valence electrons. The van der Waals surface area contributed by atoms with E-state index >= 15 is 0 Å². The number of aliphatic hydroxyl groups excluding tert-OH is 1. The van der Waals surface area contributed by atoms with Crippen LogP contribution < -0.4 is 10.6 Å². The van der Waals surface area contributed by atoms with E-state index in [9.17, 15) is 0 Å². The normalized spacial score (nSPS) is 21.0. The first-order valence-corrected chi connectivity index (χ1v) is 8.56. The average Bonchev–Trinajstić information content (AvgIpc) is 3.23. The Bertz CT molecular complexity index is 375. The second-order valence-corrected chi connectivity index (χ2v) is 6.10. The minimum Gasteiger partial charge on any atom is -0.396 e. The van der Waals surface area contributed by atoms with Crippen LogP contribution in [0, 0.1) is 5.92 Å². The Labute approximate surface area is 134 Å². The average molecular weight is 311 g/mol. The Kier molecular flexibility index (Phi) is 8.62. The molecule has 0 aromatic rings. The van der Waals surface area contributed by atoms with E-state index in [2.05, 4.69) is 31.1 Å². The maximum atomic E-state index is 8.21. The minimum absolute atomic E-state index is 0.412. The van der Waals surface area contributed by atoms with Crippen molar-refractivity contribution in [1.29, 1.82) is 0 Å². The number of hydrogen-bond acceptors (Lipinski definition) is 3. The van der Waals surface area contributed by atoms with Gasteiger partial charge in [-0.05, 0) is 42.7 Å². The summed E-state index contributed by atoms with van der Waals surface area (Å²) in [6.45, 7) is 9.78. The Hall–Kier alpha value is -0.870. The summed E-state index contributed by atoms with van der Waals surface area (Å²) in [7, 11) is 0. The van der Waals surface area contributed by atoms with Crippen LogP contribution in [0.3, 0.4) is 0 Å². The number of allylic oxidation sites excluding steroid dienone is 1. The van der Waals surface area contributed by atoms with Crippen LogP contribution in [0.2, 0.25) is 0 Å². The van der Waals surface area contributed by atoms with E-state index < -0.39 is 0 Å². The molecule has 1 aliphatic carbocycles. The molecule has 1 heterocycles. The van der Waals surface area contributed by atoms with E-state index in [1.165, 1.54) is 30.4 Å². The number of rotatable bonds is 7. The summed E-state index contributed by atoms with van der Waals surface area (Å²) in [5, 5.41) is 14.8. The zero-order valence-corrected chi connectivity index (χ0v) is 14.3. The maximum Gasteiger partial charge on any atom is 0.0619 e. The molecule has 2 fully saturated rings. The lowest BCUT2D eigenvalue weighted by molar-refractivity contribution is 0.277. The third-order valence-corrected chi connectivity index (χ3v) is 4.17. The molecule has 21 heavy (non-hydrogen) atoms. The summed E-state index contributed by atoms with van der Waals surface area (Å²) in [5.74, 6) is 0.690. The Morgan fingerprint density at radius 2 is 2.24 bits per heavy atom. The third-order valence-electron chi connectivity index (χ3n) is 4.04. The smallest absolute Gasteiger partial charge is 0.0619 e. The second-order valence-electron chi connectivity index (χ2n) is 5.87. The van der Waals surface area contributed by atoms with Crippen LogP contribution in [0.4, 0.5) is 0 Å². The standard InChI is InChI=1S/C13H22N2S.C4H8O/c1-4-6-13(15-9-16)12(5-2)11-7-10(3)14-8-11;5-3-4-1-2-4/h9,13-14H,3-8H2,1-2H3,(H,15,16);4-5H,1-3H2/b12-11-;. The Morgan fingerprint density at radius 1 is 1.52 bits per heavy atom. The first kappa shape index (κ1) is 18.2. The van der Waals surface area contributed by atoms with Gasteiger partial charge in [0, 0.05) is 31.3 Å². The molecular formula is C17H30N2OS. The summed E-state index contributed by atoms with van der Waals surface area (Å²) in [6, 6.07) is 0.412. The summed E-state index contributed by atoms with van der Waals surface area (Å²) in [5.41, 5.74) is 5.79. The van der Waals surface area contributed by atoms with Crippen LogP contribution in [0.25, 0.3) is 0 Å². The molecule has 0 bridgehead atoms. The molecule has 3 nitrogen and oxygen atoms in total. The molecule has 1 saturated heterocycles. The predicted octanol–water partition coefficient (Wildman–Crippen LogP) is 3.30. The van der Waals surface area contributed by atoms with E-state index in [-0.39, 0.29) is 0 Å². The van der Waals surface area contributed by atoms with Gasteiger partial charge in [0.15, 0.2) is 0 Å². The van der Waals surface area contributed by atoms with E-state index in [1.807, 2.05) is 0 Å². The summed E-state index contributed by atoms with van der Waals surface area (Å²) in [4.78, 5) is 0. The lowest BCUT2D eigenvalue weighted by Gasteiger charge is -2.21. The third kappa shape index (κ3) is 6.62. The van der Waals surface area contributed by atoms with Crippen LogP contribution in [0.15, 0.2) is 23.4 Å². The van der Waals surface area contributed by atoms with Gasteiger partial charge in [0.05, 0.1) is 5.49 Å². The molecule has 2 rings (SSSR count). The second kappa shape index (κ2) is 9.96. The van der Waals surface area contributed by atoms with Gasteiger partial charge >= 0.3 is 0 Å². The van der Waals surface area contributed by atoms with Gasteiger partial charge in [-0.15, -0.1) is 0 Å². The van der Waals surface area contributed by atoms with Gasteiger partial charge in [-0.25, -0.2) is 0 Å². The fourth-order valence-electron chi connectivity index (χ4n) is 2.61. The van der Waals surface area contributed by atoms with E-state index in [1.54, 1.807) is 5.49 Å². The largest absolute Gasteiger partial charge is 0.396 e. The van der Waals surface area contributed by atoms with Crippen LogP contribution in [0.1, 0.15) is 52.4 Å². The van der Waals surface area contributed by atoms with Gasteiger partial charge in [0.25, 0.3) is 0 Å². The van der Waals surface area contributed by atoms with Crippen LogP contribution in [0.5, 0.6) is 0 Å². The van der Waals surface area contributed by atoms with Crippen LogP contribution >= 0.6 is 12.2 Å². The molecule has 4 heteroatoms. The monoisotopic (exact) mass is 310 g/mol. The lowest BCUT2D eigenvalue weighted by Crippen LogP contribution is -2.30. The Balaban J connectivity index is 0.000000369. The quantitative estimate of drug-likeness (QED) is 0.499. The highest BCUT2D eigenvalue weighted by molar-refractivity contribution is 7.78. The summed E-state index contributed by atoms with van der Waals surface area (Å²) in [6.07, 6.45) is 6.93.